The van der Waals surface area contributed by atoms with Crippen molar-refractivity contribution in [3.05, 3.63) is 46.2 Å². The predicted octanol–water partition coefficient (Wildman–Crippen LogP) is 0.980. The summed E-state index contributed by atoms with van der Waals surface area (Å²) in [6, 6.07) is 6.96. The molecule has 2 amide bonds. The Bertz CT molecular complexity index is 537. The molecule has 1 aromatic rings. The lowest BCUT2D eigenvalue weighted by Gasteiger charge is -2.15. The van der Waals surface area contributed by atoms with E-state index in [9.17, 15) is 14.7 Å². The van der Waals surface area contributed by atoms with Crippen LogP contribution in [-0.4, -0.2) is 28.4 Å². The van der Waals surface area contributed by atoms with Crippen molar-refractivity contribution >= 4 is 23.4 Å². The third-order valence-corrected chi connectivity index (χ3v) is 2.96. The fraction of sp³-hybridized carbons (Fsp3) is 0.167. The van der Waals surface area contributed by atoms with Crippen LogP contribution in [0.2, 0.25) is 5.02 Å². The average Bonchev–Trinajstić information content (AvgIpc) is 2.60. The Hall–Kier alpha value is -2.01. The first kappa shape index (κ1) is 12.4. The van der Waals surface area contributed by atoms with E-state index in [0.29, 0.717) is 5.02 Å². The van der Waals surface area contributed by atoms with Gasteiger partial charge in [0.2, 0.25) is 5.91 Å². The summed E-state index contributed by atoms with van der Waals surface area (Å²) in [7, 11) is 0. The molecule has 3 N–H and O–H groups in total. The smallest absolute Gasteiger partial charge is 0.289 e. The van der Waals surface area contributed by atoms with Crippen molar-refractivity contribution in [1.29, 1.82) is 0 Å². The number of benzene rings is 1. The molecule has 0 saturated carbocycles. The largest absolute Gasteiger partial charge is 0.503 e. The van der Waals surface area contributed by atoms with Crippen LogP contribution < -0.4 is 5.73 Å². The van der Waals surface area contributed by atoms with E-state index in [1.54, 1.807) is 24.3 Å². The van der Waals surface area contributed by atoms with Crippen LogP contribution in [0.1, 0.15) is 5.56 Å². The van der Waals surface area contributed by atoms with E-state index in [1.165, 1.54) is 4.90 Å². The lowest BCUT2D eigenvalue weighted by molar-refractivity contribution is -0.128. The first-order valence-electron chi connectivity index (χ1n) is 5.24. The Kier molecular flexibility index (Phi) is 3.25. The highest BCUT2D eigenvalue weighted by Gasteiger charge is 2.32. The lowest BCUT2D eigenvalue weighted by Crippen LogP contribution is -2.27. The number of carbonyl (C=O) groups excluding carboxylic acids is 2. The molecule has 0 aromatic heterocycles. The average molecular weight is 267 g/mol. The number of hydrogen-bond acceptors (Lipinski definition) is 3. The number of amides is 2. The van der Waals surface area contributed by atoms with E-state index in [-0.39, 0.29) is 18.7 Å². The van der Waals surface area contributed by atoms with Crippen molar-refractivity contribution in [2.45, 2.75) is 6.54 Å². The first-order valence-corrected chi connectivity index (χ1v) is 5.62. The molecule has 6 heteroatoms. The summed E-state index contributed by atoms with van der Waals surface area (Å²) in [5.74, 6) is -1.92. The van der Waals surface area contributed by atoms with Gasteiger partial charge in [-0.05, 0) is 17.7 Å². The fourth-order valence-electron chi connectivity index (χ4n) is 1.75. The third-order valence-electron chi connectivity index (χ3n) is 2.71. The second kappa shape index (κ2) is 4.70. The number of carbonyl (C=O) groups is 2. The van der Waals surface area contributed by atoms with Crippen molar-refractivity contribution in [3.8, 4) is 0 Å². The van der Waals surface area contributed by atoms with Gasteiger partial charge in [-0.15, -0.1) is 0 Å². The normalized spacial score (nSPS) is 15.4. The van der Waals surface area contributed by atoms with Crippen molar-refractivity contribution in [2.75, 3.05) is 6.54 Å². The van der Waals surface area contributed by atoms with Crippen LogP contribution in [0.5, 0.6) is 0 Å². The Balaban J connectivity index is 2.12. The Labute approximate surface area is 108 Å². The predicted molar refractivity (Wildman–Crippen MR) is 65.7 cm³/mol. The Morgan fingerprint density at radius 2 is 2.00 bits per heavy atom. The first-order chi connectivity index (χ1) is 8.49. The zero-order chi connectivity index (χ0) is 13.3. The van der Waals surface area contributed by atoms with Gasteiger partial charge in [-0.1, -0.05) is 23.7 Å². The molecule has 1 aliphatic heterocycles. The molecule has 1 aliphatic rings. The van der Waals surface area contributed by atoms with Crippen LogP contribution in [0.4, 0.5) is 0 Å². The molecule has 0 bridgehead atoms. The molecule has 5 nitrogen and oxygen atoms in total. The molecular formula is C12H11ClN2O3. The minimum atomic E-state index is -0.778. The number of aliphatic hydroxyl groups excluding tert-OH is 1. The van der Waals surface area contributed by atoms with Crippen LogP contribution in [0.3, 0.4) is 0 Å². The lowest BCUT2D eigenvalue weighted by atomic mass is 10.2. The molecule has 0 radical (unpaired) electrons. The minimum Gasteiger partial charge on any atom is -0.503 e. The van der Waals surface area contributed by atoms with Gasteiger partial charge in [-0.2, -0.15) is 0 Å². The number of halogens is 1. The highest BCUT2D eigenvalue weighted by Crippen LogP contribution is 2.20. The van der Waals surface area contributed by atoms with Gasteiger partial charge in [0, 0.05) is 11.6 Å². The van der Waals surface area contributed by atoms with Crippen molar-refractivity contribution in [2.24, 2.45) is 5.73 Å². The minimum absolute atomic E-state index is 0.0304. The van der Waals surface area contributed by atoms with Crippen LogP contribution >= 0.6 is 11.6 Å². The van der Waals surface area contributed by atoms with Gasteiger partial charge in [0.05, 0.1) is 12.1 Å². The fourth-order valence-corrected chi connectivity index (χ4v) is 1.87. The number of nitrogens with zero attached hydrogens (tertiary/aromatic N) is 1. The topological polar surface area (TPSA) is 83.6 Å². The zero-order valence-electron chi connectivity index (χ0n) is 9.39. The second-order valence-corrected chi connectivity index (χ2v) is 4.42. The maximum absolute atomic E-state index is 11.7. The molecule has 1 heterocycles. The quantitative estimate of drug-likeness (QED) is 0.855. The molecule has 18 heavy (non-hydrogen) atoms. The molecule has 2 rings (SSSR count). The molecule has 94 valence electrons. The van der Waals surface area contributed by atoms with Crippen molar-refractivity contribution < 1.29 is 14.7 Å². The highest BCUT2D eigenvalue weighted by molar-refractivity contribution is 6.30. The van der Waals surface area contributed by atoms with Crippen LogP contribution in [0.15, 0.2) is 35.6 Å². The van der Waals surface area contributed by atoms with Gasteiger partial charge in [0.15, 0.2) is 5.76 Å². The van der Waals surface area contributed by atoms with Gasteiger partial charge in [-0.3, -0.25) is 9.59 Å². The summed E-state index contributed by atoms with van der Waals surface area (Å²) in [5.41, 5.74) is 5.88. The summed E-state index contributed by atoms with van der Waals surface area (Å²) in [5, 5.41) is 10.1. The van der Waals surface area contributed by atoms with Gasteiger partial charge in [-0.25, -0.2) is 0 Å². The zero-order valence-corrected chi connectivity index (χ0v) is 10.1. The maximum atomic E-state index is 11.7. The number of aliphatic hydroxyl groups is 1. The highest BCUT2D eigenvalue weighted by atomic mass is 35.5. The van der Waals surface area contributed by atoms with Crippen LogP contribution in [0.25, 0.3) is 0 Å². The maximum Gasteiger partial charge on any atom is 0.289 e. The number of hydrogen-bond donors (Lipinski definition) is 2. The number of primary amides is 1. The van der Waals surface area contributed by atoms with E-state index >= 15 is 0 Å². The van der Waals surface area contributed by atoms with Crippen LogP contribution in [-0.2, 0) is 16.1 Å². The standard InChI is InChI=1S/C12H11ClN2O3/c13-8-3-1-7(2-4-8)5-15-6-9(11(14)17)10(16)12(15)18/h1-4,16H,5-6H2,(H2,14,17). The molecule has 0 spiro atoms. The van der Waals surface area contributed by atoms with Crippen molar-refractivity contribution in [3.63, 3.8) is 0 Å². The summed E-state index contributed by atoms with van der Waals surface area (Å²) in [6.45, 7) is 0.319. The Morgan fingerprint density at radius 1 is 1.39 bits per heavy atom. The third kappa shape index (κ3) is 2.31. The summed E-state index contributed by atoms with van der Waals surface area (Å²) in [4.78, 5) is 24.0. The monoisotopic (exact) mass is 266 g/mol. The molecule has 1 aromatic carbocycles. The van der Waals surface area contributed by atoms with Gasteiger partial charge >= 0.3 is 0 Å². The van der Waals surface area contributed by atoms with Gasteiger partial charge in [0.25, 0.3) is 5.91 Å². The van der Waals surface area contributed by atoms with E-state index in [1.807, 2.05) is 0 Å². The summed E-state index contributed by atoms with van der Waals surface area (Å²) < 4.78 is 0. The molecule has 0 fully saturated rings. The van der Waals surface area contributed by atoms with Crippen molar-refractivity contribution in [1.82, 2.24) is 4.90 Å². The summed E-state index contributed by atoms with van der Waals surface area (Å²) in [6.07, 6.45) is 0. The molecule has 0 saturated heterocycles. The van der Waals surface area contributed by atoms with Crippen LogP contribution in [0, 0.1) is 0 Å². The molecule has 0 unspecified atom stereocenters. The molecule has 0 aliphatic carbocycles. The second-order valence-electron chi connectivity index (χ2n) is 3.98. The van der Waals surface area contributed by atoms with E-state index in [4.69, 9.17) is 17.3 Å². The number of rotatable bonds is 3. The van der Waals surface area contributed by atoms with Gasteiger partial charge in [0.1, 0.15) is 0 Å². The van der Waals surface area contributed by atoms with E-state index in [0.717, 1.165) is 5.56 Å². The Morgan fingerprint density at radius 3 is 2.50 bits per heavy atom. The van der Waals surface area contributed by atoms with E-state index < -0.39 is 17.6 Å². The van der Waals surface area contributed by atoms with E-state index in [2.05, 4.69) is 0 Å². The van der Waals surface area contributed by atoms with Gasteiger partial charge < -0.3 is 15.7 Å². The summed E-state index contributed by atoms with van der Waals surface area (Å²) >= 11 is 5.75. The molecular weight excluding hydrogens is 256 g/mol. The molecule has 0 atom stereocenters. The number of nitrogens with two attached hydrogens (primary N) is 1. The SMILES string of the molecule is NC(=O)C1=C(O)C(=O)N(Cc2ccc(Cl)cc2)C1.